The van der Waals surface area contributed by atoms with E-state index < -0.39 is 0 Å². The number of aliphatic hydroxyl groups excluding tert-OH is 1. The lowest BCUT2D eigenvalue weighted by atomic mass is 10.2. The number of rotatable bonds is 7. The molecule has 0 spiro atoms. The van der Waals surface area contributed by atoms with Gasteiger partial charge in [-0.3, -0.25) is 4.79 Å². The quantitative estimate of drug-likeness (QED) is 0.755. The first-order valence-electron chi connectivity index (χ1n) is 6.46. The number of aromatic nitrogens is 4. The van der Waals surface area contributed by atoms with Gasteiger partial charge in [0.15, 0.2) is 5.82 Å². The zero-order valence-electron chi connectivity index (χ0n) is 11.7. The van der Waals surface area contributed by atoms with Crippen LogP contribution in [0.1, 0.15) is 10.4 Å². The van der Waals surface area contributed by atoms with Crippen molar-refractivity contribution in [2.75, 3.05) is 33.4 Å². The lowest BCUT2D eigenvalue weighted by molar-refractivity contribution is 0.0656. The van der Waals surface area contributed by atoms with Crippen LogP contribution in [-0.2, 0) is 4.74 Å². The zero-order chi connectivity index (χ0) is 15.1. The summed E-state index contributed by atoms with van der Waals surface area (Å²) in [5.74, 6) is 0.383. The Morgan fingerprint density at radius 3 is 2.86 bits per heavy atom. The van der Waals surface area contributed by atoms with Gasteiger partial charge in [0.05, 0.1) is 18.8 Å². The SMILES string of the molecule is COCCN(CCO)C(=O)c1ccc(-n2cncn2)nc1. The fourth-order valence-electron chi connectivity index (χ4n) is 1.79. The topological polar surface area (TPSA) is 93.4 Å². The van der Waals surface area contributed by atoms with Gasteiger partial charge in [-0.1, -0.05) is 0 Å². The van der Waals surface area contributed by atoms with E-state index in [-0.39, 0.29) is 19.1 Å². The van der Waals surface area contributed by atoms with Gasteiger partial charge in [-0.2, -0.15) is 5.10 Å². The maximum Gasteiger partial charge on any atom is 0.255 e. The number of amides is 1. The molecule has 2 aromatic heterocycles. The number of aliphatic hydroxyl groups is 1. The van der Waals surface area contributed by atoms with Gasteiger partial charge in [0.2, 0.25) is 0 Å². The van der Waals surface area contributed by atoms with Crippen LogP contribution in [0, 0.1) is 0 Å². The fraction of sp³-hybridized carbons (Fsp3) is 0.385. The summed E-state index contributed by atoms with van der Waals surface area (Å²) in [6.07, 6.45) is 4.42. The first kappa shape index (κ1) is 15.1. The van der Waals surface area contributed by atoms with Crippen LogP contribution in [-0.4, -0.2) is 69.1 Å². The third-order valence-electron chi connectivity index (χ3n) is 2.87. The molecule has 8 nitrogen and oxygen atoms in total. The number of carbonyl (C=O) groups is 1. The van der Waals surface area contributed by atoms with Crippen LogP contribution in [0.15, 0.2) is 31.0 Å². The Balaban J connectivity index is 2.10. The van der Waals surface area contributed by atoms with E-state index in [4.69, 9.17) is 9.84 Å². The van der Waals surface area contributed by atoms with Gasteiger partial charge in [-0.25, -0.2) is 14.6 Å². The molecule has 112 valence electrons. The third-order valence-corrected chi connectivity index (χ3v) is 2.87. The minimum absolute atomic E-state index is 0.0973. The summed E-state index contributed by atoms with van der Waals surface area (Å²) in [4.78, 5) is 21.9. The smallest absolute Gasteiger partial charge is 0.255 e. The van der Waals surface area contributed by atoms with Gasteiger partial charge >= 0.3 is 0 Å². The number of carbonyl (C=O) groups excluding carboxylic acids is 1. The number of hydrogen-bond donors (Lipinski definition) is 1. The minimum atomic E-state index is -0.196. The molecule has 2 aromatic rings. The summed E-state index contributed by atoms with van der Waals surface area (Å²) in [5.41, 5.74) is 0.448. The summed E-state index contributed by atoms with van der Waals surface area (Å²) in [7, 11) is 1.57. The fourth-order valence-corrected chi connectivity index (χ4v) is 1.79. The highest BCUT2D eigenvalue weighted by atomic mass is 16.5. The Bertz CT molecular complexity index is 556. The lowest BCUT2D eigenvalue weighted by Gasteiger charge is -2.21. The van der Waals surface area contributed by atoms with E-state index in [9.17, 15) is 4.79 Å². The van der Waals surface area contributed by atoms with E-state index in [2.05, 4.69) is 15.1 Å². The Morgan fingerprint density at radius 1 is 1.43 bits per heavy atom. The predicted molar refractivity (Wildman–Crippen MR) is 74.0 cm³/mol. The van der Waals surface area contributed by atoms with Gasteiger partial charge in [-0.15, -0.1) is 0 Å². The molecule has 0 bridgehead atoms. The molecule has 0 aliphatic rings. The van der Waals surface area contributed by atoms with Crippen LogP contribution in [0.25, 0.3) is 5.82 Å². The highest BCUT2D eigenvalue weighted by molar-refractivity contribution is 5.94. The van der Waals surface area contributed by atoms with E-state index in [1.165, 1.54) is 28.4 Å². The molecule has 0 saturated heterocycles. The Hall–Kier alpha value is -2.32. The largest absolute Gasteiger partial charge is 0.395 e. The van der Waals surface area contributed by atoms with Crippen molar-refractivity contribution in [3.8, 4) is 5.82 Å². The molecule has 0 radical (unpaired) electrons. The van der Waals surface area contributed by atoms with Crippen molar-refractivity contribution in [1.29, 1.82) is 0 Å². The second-order valence-corrected chi connectivity index (χ2v) is 4.25. The normalized spacial score (nSPS) is 10.6. The van der Waals surface area contributed by atoms with Gasteiger partial charge in [0.1, 0.15) is 12.7 Å². The van der Waals surface area contributed by atoms with Crippen molar-refractivity contribution in [3.63, 3.8) is 0 Å². The lowest BCUT2D eigenvalue weighted by Crippen LogP contribution is -2.36. The first-order chi connectivity index (χ1) is 10.3. The van der Waals surface area contributed by atoms with Gasteiger partial charge in [-0.05, 0) is 12.1 Å². The van der Waals surface area contributed by atoms with E-state index >= 15 is 0 Å². The number of methoxy groups -OCH3 is 1. The zero-order valence-corrected chi connectivity index (χ0v) is 11.7. The molecule has 0 aliphatic carbocycles. The molecular weight excluding hydrogens is 274 g/mol. The van der Waals surface area contributed by atoms with Gasteiger partial charge < -0.3 is 14.7 Å². The van der Waals surface area contributed by atoms with Crippen LogP contribution < -0.4 is 0 Å². The number of hydrogen-bond acceptors (Lipinski definition) is 6. The average Bonchev–Trinajstić information content (AvgIpc) is 3.05. The molecule has 8 heteroatoms. The standard InChI is InChI=1S/C13H17N5O3/c1-21-7-5-17(4-6-19)13(20)11-2-3-12(15-8-11)18-10-14-9-16-18/h2-3,8-10,19H,4-7H2,1H3. The molecule has 0 fully saturated rings. The van der Waals surface area contributed by atoms with E-state index in [1.54, 1.807) is 19.2 Å². The van der Waals surface area contributed by atoms with Crippen molar-refractivity contribution in [3.05, 3.63) is 36.5 Å². The summed E-state index contributed by atoms with van der Waals surface area (Å²) >= 11 is 0. The molecule has 0 saturated carbocycles. The van der Waals surface area contributed by atoms with Crippen molar-refractivity contribution in [1.82, 2.24) is 24.6 Å². The van der Waals surface area contributed by atoms with E-state index in [0.29, 0.717) is 24.5 Å². The number of ether oxygens (including phenoxy) is 1. The molecule has 0 aromatic carbocycles. The average molecular weight is 291 g/mol. The Morgan fingerprint density at radius 2 is 2.29 bits per heavy atom. The summed E-state index contributed by atoms with van der Waals surface area (Å²) in [6.45, 7) is 0.990. The number of nitrogens with zero attached hydrogens (tertiary/aromatic N) is 5. The van der Waals surface area contributed by atoms with Gasteiger partial charge in [0.25, 0.3) is 5.91 Å². The first-order valence-corrected chi connectivity index (χ1v) is 6.46. The van der Waals surface area contributed by atoms with Crippen LogP contribution in [0.3, 0.4) is 0 Å². The molecular formula is C13H17N5O3. The highest BCUT2D eigenvalue weighted by Gasteiger charge is 2.15. The van der Waals surface area contributed by atoms with Crippen LogP contribution >= 0.6 is 0 Å². The van der Waals surface area contributed by atoms with Crippen LogP contribution in [0.4, 0.5) is 0 Å². The monoisotopic (exact) mass is 291 g/mol. The molecule has 1 N–H and O–H groups in total. The molecule has 2 rings (SSSR count). The van der Waals surface area contributed by atoms with Crippen LogP contribution in [0.2, 0.25) is 0 Å². The molecule has 2 heterocycles. The Kier molecular flexibility index (Phi) is 5.35. The van der Waals surface area contributed by atoms with E-state index in [1.807, 2.05) is 0 Å². The maximum absolute atomic E-state index is 12.3. The molecule has 1 amide bonds. The van der Waals surface area contributed by atoms with Crippen molar-refractivity contribution in [2.45, 2.75) is 0 Å². The second-order valence-electron chi connectivity index (χ2n) is 4.25. The van der Waals surface area contributed by atoms with E-state index in [0.717, 1.165) is 0 Å². The highest BCUT2D eigenvalue weighted by Crippen LogP contribution is 2.07. The van der Waals surface area contributed by atoms with Crippen LogP contribution in [0.5, 0.6) is 0 Å². The molecule has 21 heavy (non-hydrogen) atoms. The summed E-state index contributed by atoms with van der Waals surface area (Å²) < 4.78 is 6.47. The maximum atomic E-state index is 12.3. The van der Waals surface area contributed by atoms with Gasteiger partial charge in [0, 0.05) is 26.4 Å². The summed E-state index contributed by atoms with van der Waals surface area (Å²) in [5, 5.41) is 13.0. The van der Waals surface area contributed by atoms with Crippen molar-refractivity contribution < 1.29 is 14.6 Å². The molecule has 0 unspecified atom stereocenters. The number of pyridine rings is 1. The predicted octanol–water partition coefficient (Wildman–Crippen LogP) is -0.257. The minimum Gasteiger partial charge on any atom is -0.395 e. The molecule has 0 aliphatic heterocycles. The third kappa shape index (κ3) is 3.83. The van der Waals surface area contributed by atoms with Crippen molar-refractivity contribution in [2.24, 2.45) is 0 Å². The van der Waals surface area contributed by atoms with Crippen molar-refractivity contribution >= 4 is 5.91 Å². The second kappa shape index (κ2) is 7.46. The molecule has 0 atom stereocenters. The summed E-state index contributed by atoms with van der Waals surface area (Å²) in [6, 6.07) is 3.36. The Labute approximate surface area is 122 Å².